The molecule has 144 valence electrons. The summed E-state index contributed by atoms with van der Waals surface area (Å²) in [6.07, 6.45) is 3.08. The van der Waals surface area contributed by atoms with E-state index in [0.717, 1.165) is 6.07 Å². The largest absolute Gasteiger partial charge is 0.319 e. The van der Waals surface area contributed by atoms with Crippen LogP contribution in [0.5, 0.6) is 0 Å². The van der Waals surface area contributed by atoms with E-state index in [1.165, 1.54) is 24.3 Å². The van der Waals surface area contributed by atoms with Crippen molar-refractivity contribution in [2.75, 3.05) is 5.32 Å². The van der Waals surface area contributed by atoms with Crippen LogP contribution < -0.4 is 10.0 Å². The van der Waals surface area contributed by atoms with Crippen molar-refractivity contribution in [3.05, 3.63) is 89.0 Å². The fraction of sp³-hybridized carbons (Fsp3) is 0.0526. The molecular formula is C19H15ClFN3O3S. The first kappa shape index (κ1) is 19.9. The van der Waals surface area contributed by atoms with Gasteiger partial charge >= 0.3 is 0 Å². The zero-order chi connectivity index (χ0) is 20.1. The number of hydrogen-bond donors (Lipinski definition) is 2. The highest BCUT2D eigenvalue weighted by Gasteiger charge is 2.18. The molecule has 0 unspecified atom stereocenters. The first-order chi connectivity index (χ1) is 13.4. The summed E-state index contributed by atoms with van der Waals surface area (Å²) in [5, 5.41) is 2.61. The van der Waals surface area contributed by atoms with Crippen LogP contribution in [0.3, 0.4) is 0 Å². The van der Waals surface area contributed by atoms with E-state index in [1.807, 2.05) is 0 Å². The van der Waals surface area contributed by atoms with Crippen LogP contribution in [0, 0.1) is 5.82 Å². The Labute approximate surface area is 166 Å². The second kappa shape index (κ2) is 8.47. The van der Waals surface area contributed by atoms with Gasteiger partial charge < -0.3 is 5.32 Å². The van der Waals surface area contributed by atoms with E-state index < -0.39 is 21.7 Å². The highest BCUT2D eigenvalue weighted by atomic mass is 35.5. The van der Waals surface area contributed by atoms with E-state index in [4.69, 9.17) is 11.6 Å². The molecular weight excluding hydrogens is 405 g/mol. The summed E-state index contributed by atoms with van der Waals surface area (Å²) >= 11 is 5.95. The molecule has 3 aromatic rings. The second-order valence-corrected chi connectivity index (χ2v) is 7.93. The number of benzene rings is 2. The molecule has 0 bridgehead atoms. The van der Waals surface area contributed by atoms with Crippen molar-refractivity contribution < 1.29 is 17.6 Å². The number of aromatic nitrogens is 1. The molecule has 0 atom stereocenters. The molecule has 0 fully saturated rings. The third kappa shape index (κ3) is 4.72. The van der Waals surface area contributed by atoms with E-state index in [2.05, 4.69) is 15.0 Å². The lowest BCUT2D eigenvalue weighted by Gasteiger charge is -2.10. The van der Waals surface area contributed by atoms with Gasteiger partial charge in [0.15, 0.2) is 0 Å². The lowest BCUT2D eigenvalue weighted by molar-refractivity contribution is 0.102. The van der Waals surface area contributed by atoms with Crippen LogP contribution in [0.25, 0.3) is 0 Å². The minimum atomic E-state index is -3.93. The van der Waals surface area contributed by atoms with Crippen molar-refractivity contribution in [2.45, 2.75) is 11.4 Å². The van der Waals surface area contributed by atoms with E-state index >= 15 is 0 Å². The number of carbonyl (C=O) groups excluding carboxylic acids is 1. The molecule has 0 aliphatic rings. The molecule has 0 radical (unpaired) electrons. The molecule has 0 saturated heterocycles. The van der Waals surface area contributed by atoms with Gasteiger partial charge in [0.05, 0.1) is 21.2 Å². The Balaban J connectivity index is 1.74. The Morgan fingerprint density at radius 2 is 1.79 bits per heavy atom. The molecule has 28 heavy (non-hydrogen) atoms. The summed E-state index contributed by atoms with van der Waals surface area (Å²) in [5.41, 5.74) is 0.736. The maximum Gasteiger partial charge on any atom is 0.257 e. The Morgan fingerprint density at radius 3 is 2.46 bits per heavy atom. The Morgan fingerprint density at radius 1 is 1.07 bits per heavy atom. The van der Waals surface area contributed by atoms with Gasteiger partial charge in [0.1, 0.15) is 5.82 Å². The quantitative estimate of drug-likeness (QED) is 0.639. The summed E-state index contributed by atoms with van der Waals surface area (Å²) in [6, 6.07) is 12.9. The topological polar surface area (TPSA) is 88.2 Å². The lowest BCUT2D eigenvalue weighted by Crippen LogP contribution is -2.23. The zero-order valence-electron chi connectivity index (χ0n) is 14.4. The van der Waals surface area contributed by atoms with E-state index in [1.54, 1.807) is 36.7 Å². The van der Waals surface area contributed by atoms with Gasteiger partial charge in [-0.2, -0.15) is 0 Å². The summed E-state index contributed by atoms with van der Waals surface area (Å²) < 4.78 is 41.5. The van der Waals surface area contributed by atoms with Crippen LogP contribution in [0.4, 0.5) is 10.1 Å². The molecule has 1 amide bonds. The number of pyridine rings is 1. The van der Waals surface area contributed by atoms with Gasteiger partial charge in [-0.1, -0.05) is 23.7 Å². The van der Waals surface area contributed by atoms with Crippen molar-refractivity contribution in [1.82, 2.24) is 9.71 Å². The predicted octanol–water partition coefficient (Wildman–Crippen LogP) is 3.60. The van der Waals surface area contributed by atoms with Crippen LogP contribution in [0.2, 0.25) is 5.02 Å². The SMILES string of the molecule is O=C(Nc1ccc(S(=O)(=O)NCc2ccncc2)cc1F)c1ccccc1Cl. The normalized spacial score (nSPS) is 11.2. The predicted molar refractivity (Wildman–Crippen MR) is 104 cm³/mol. The highest BCUT2D eigenvalue weighted by Crippen LogP contribution is 2.22. The number of hydrogen-bond acceptors (Lipinski definition) is 4. The van der Waals surface area contributed by atoms with Gasteiger partial charge in [0.2, 0.25) is 10.0 Å². The standard InChI is InChI=1S/C19H15ClFN3O3S/c20-16-4-2-1-3-15(16)19(25)24-18-6-5-14(11-17(18)21)28(26,27)23-12-13-7-9-22-10-8-13/h1-11,23H,12H2,(H,24,25). The Kier molecular flexibility index (Phi) is 6.03. The number of carbonyl (C=O) groups is 1. The Hall–Kier alpha value is -2.81. The van der Waals surface area contributed by atoms with Crippen LogP contribution >= 0.6 is 11.6 Å². The molecule has 0 aliphatic carbocycles. The Bertz CT molecular complexity index is 1110. The summed E-state index contributed by atoms with van der Waals surface area (Å²) in [4.78, 5) is 15.8. The minimum absolute atomic E-state index is 0.0392. The summed E-state index contributed by atoms with van der Waals surface area (Å²) in [6.45, 7) is 0.0392. The number of sulfonamides is 1. The number of nitrogens with zero attached hydrogens (tertiary/aromatic N) is 1. The summed E-state index contributed by atoms with van der Waals surface area (Å²) in [5.74, 6) is -1.48. The summed E-state index contributed by atoms with van der Waals surface area (Å²) in [7, 11) is -3.93. The first-order valence-electron chi connectivity index (χ1n) is 8.11. The fourth-order valence-corrected chi connectivity index (χ4v) is 3.61. The molecule has 0 saturated carbocycles. The smallest absolute Gasteiger partial charge is 0.257 e. The maximum atomic E-state index is 14.4. The van der Waals surface area contributed by atoms with Gasteiger partial charge in [-0.25, -0.2) is 17.5 Å². The number of nitrogens with one attached hydrogen (secondary N) is 2. The van der Waals surface area contributed by atoms with Crippen LogP contribution in [-0.4, -0.2) is 19.3 Å². The second-order valence-electron chi connectivity index (χ2n) is 5.76. The number of halogens is 2. The van der Waals surface area contributed by atoms with Crippen molar-refractivity contribution >= 4 is 33.2 Å². The van der Waals surface area contributed by atoms with Crippen LogP contribution in [0.15, 0.2) is 71.9 Å². The number of amides is 1. The van der Waals surface area contributed by atoms with Crippen molar-refractivity contribution in [2.24, 2.45) is 0 Å². The molecule has 0 aliphatic heterocycles. The molecule has 1 aromatic heterocycles. The third-order valence-corrected chi connectivity index (χ3v) is 5.56. The highest BCUT2D eigenvalue weighted by molar-refractivity contribution is 7.89. The zero-order valence-corrected chi connectivity index (χ0v) is 16.0. The van der Waals surface area contributed by atoms with E-state index in [-0.39, 0.29) is 27.7 Å². The molecule has 1 heterocycles. The molecule has 0 spiro atoms. The van der Waals surface area contributed by atoms with Crippen LogP contribution in [-0.2, 0) is 16.6 Å². The van der Waals surface area contributed by atoms with Gasteiger partial charge in [0, 0.05) is 18.9 Å². The van der Waals surface area contributed by atoms with Crippen LogP contribution in [0.1, 0.15) is 15.9 Å². The molecule has 9 heteroatoms. The molecule has 6 nitrogen and oxygen atoms in total. The molecule has 2 aromatic carbocycles. The minimum Gasteiger partial charge on any atom is -0.319 e. The fourth-order valence-electron chi connectivity index (χ4n) is 2.36. The van der Waals surface area contributed by atoms with Crippen molar-refractivity contribution in [1.29, 1.82) is 0 Å². The number of anilines is 1. The van der Waals surface area contributed by atoms with Gasteiger partial charge in [0.25, 0.3) is 5.91 Å². The molecule has 3 rings (SSSR count). The maximum absolute atomic E-state index is 14.4. The third-order valence-electron chi connectivity index (χ3n) is 3.83. The first-order valence-corrected chi connectivity index (χ1v) is 9.97. The van der Waals surface area contributed by atoms with Gasteiger partial charge in [-0.15, -0.1) is 0 Å². The number of rotatable bonds is 6. The van der Waals surface area contributed by atoms with Crippen molar-refractivity contribution in [3.63, 3.8) is 0 Å². The average molecular weight is 420 g/mol. The molecule has 2 N–H and O–H groups in total. The average Bonchev–Trinajstić information content (AvgIpc) is 2.69. The van der Waals surface area contributed by atoms with Crippen molar-refractivity contribution in [3.8, 4) is 0 Å². The van der Waals surface area contributed by atoms with E-state index in [9.17, 15) is 17.6 Å². The lowest BCUT2D eigenvalue weighted by atomic mass is 10.2. The monoisotopic (exact) mass is 419 g/mol. The van der Waals surface area contributed by atoms with Gasteiger partial charge in [-0.05, 0) is 48.0 Å². The van der Waals surface area contributed by atoms with E-state index in [0.29, 0.717) is 5.56 Å². The van der Waals surface area contributed by atoms with Gasteiger partial charge in [-0.3, -0.25) is 9.78 Å².